The van der Waals surface area contributed by atoms with Crippen LogP contribution in [0.15, 0.2) is 36.9 Å². The predicted octanol–water partition coefficient (Wildman–Crippen LogP) is 2.33. The number of amides is 1. The highest BCUT2D eigenvalue weighted by molar-refractivity contribution is 6.18. The molecule has 4 aliphatic heterocycles. The van der Waals surface area contributed by atoms with E-state index in [2.05, 4.69) is 6.58 Å². The lowest BCUT2D eigenvalue weighted by atomic mass is 9.55. The fraction of sp³-hybridized carbons (Fsp3) is 0.560. The summed E-state index contributed by atoms with van der Waals surface area (Å²) in [4.78, 5) is 45.2. The fourth-order valence-corrected chi connectivity index (χ4v) is 7.37. The second kappa shape index (κ2) is 5.45. The summed E-state index contributed by atoms with van der Waals surface area (Å²) in [6.45, 7) is 9.47. The van der Waals surface area contributed by atoms with E-state index in [1.807, 2.05) is 36.2 Å². The molecule has 3 saturated heterocycles. The van der Waals surface area contributed by atoms with E-state index in [1.54, 1.807) is 31.7 Å². The van der Waals surface area contributed by atoms with Crippen molar-refractivity contribution >= 4 is 23.3 Å². The summed E-state index contributed by atoms with van der Waals surface area (Å²) >= 11 is 0. The van der Waals surface area contributed by atoms with E-state index in [-0.39, 0.29) is 24.7 Å². The molecule has 5 aliphatic rings. The Balaban J connectivity index is 1.68. The maximum Gasteiger partial charge on any atom is 0.349 e. The van der Waals surface area contributed by atoms with E-state index in [0.717, 1.165) is 11.3 Å². The largest absolute Gasteiger partial charge is 0.457 e. The molecule has 0 N–H and O–H groups in total. The third-order valence-electron chi connectivity index (χ3n) is 8.21. The van der Waals surface area contributed by atoms with Gasteiger partial charge in [-0.05, 0) is 45.2 Å². The molecule has 32 heavy (non-hydrogen) atoms. The first-order valence-corrected chi connectivity index (χ1v) is 11.3. The molecular formula is C25H28N2O5. The highest BCUT2D eigenvalue weighted by Gasteiger charge is 2.98. The third kappa shape index (κ3) is 1.74. The minimum atomic E-state index is -1.78. The van der Waals surface area contributed by atoms with Gasteiger partial charge in [-0.15, -0.1) is 6.58 Å². The maximum absolute atomic E-state index is 14.2. The van der Waals surface area contributed by atoms with Crippen molar-refractivity contribution in [3.63, 3.8) is 0 Å². The zero-order chi connectivity index (χ0) is 22.9. The number of nitrogens with zero attached hydrogens (tertiary/aromatic N) is 2. The molecule has 1 aromatic rings. The summed E-state index contributed by atoms with van der Waals surface area (Å²) in [6.07, 6.45) is 3.04. The van der Waals surface area contributed by atoms with Crippen LogP contribution < -0.4 is 4.90 Å². The number of fused-ring (bicyclic) bond motifs is 3. The number of rotatable bonds is 3. The first-order valence-electron chi connectivity index (χ1n) is 11.3. The number of benzene rings is 1. The Bertz CT molecular complexity index is 1120. The van der Waals surface area contributed by atoms with Gasteiger partial charge in [-0.3, -0.25) is 9.59 Å². The molecule has 1 aliphatic carbocycles. The van der Waals surface area contributed by atoms with Crippen molar-refractivity contribution in [1.29, 1.82) is 0 Å². The van der Waals surface area contributed by atoms with Crippen molar-refractivity contribution in [2.75, 3.05) is 18.5 Å². The number of carbonyl (C=O) groups is 3. The molecule has 0 radical (unpaired) electrons. The molecular weight excluding hydrogens is 408 g/mol. The Hall–Kier alpha value is -2.67. The van der Waals surface area contributed by atoms with E-state index in [9.17, 15) is 14.4 Å². The van der Waals surface area contributed by atoms with Crippen LogP contribution in [0.25, 0.3) is 0 Å². The van der Waals surface area contributed by atoms with Gasteiger partial charge in [-0.25, -0.2) is 4.79 Å². The zero-order valence-corrected chi connectivity index (χ0v) is 18.9. The number of likely N-dealkylation sites (N-methyl/N-ethyl adjacent to an activating group) is 1. The number of anilines is 1. The molecule has 2 bridgehead atoms. The van der Waals surface area contributed by atoms with Crippen molar-refractivity contribution < 1.29 is 23.9 Å². The van der Waals surface area contributed by atoms with Gasteiger partial charge in [0.25, 0.3) is 0 Å². The van der Waals surface area contributed by atoms with Crippen LogP contribution in [0.3, 0.4) is 0 Å². The zero-order valence-electron chi connectivity index (χ0n) is 18.9. The Morgan fingerprint density at radius 3 is 2.59 bits per heavy atom. The van der Waals surface area contributed by atoms with Crippen molar-refractivity contribution in [3.8, 4) is 0 Å². The molecule has 7 nitrogen and oxygen atoms in total. The number of ether oxygens (including phenoxy) is 2. The number of likely N-dealkylation sites (tertiary alicyclic amines) is 1. The minimum Gasteiger partial charge on any atom is -0.457 e. The van der Waals surface area contributed by atoms with E-state index in [0.29, 0.717) is 12.8 Å². The third-order valence-corrected chi connectivity index (χ3v) is 8.21. The van der Waals surface area contributed by atoms with Gasteiger partial charge in [0, 0.05) is 25.7 Å². The average molecular weight is 437 g/mol. The highest BCUT2D eigenvalue weighted by atomic mass is 16.6. The Labute approximate surface area is 187 Å². The van der Waals surface area contributed by atoms with E-state index in [4.69, 9.17) is 9.47 Å². The smallest absolute Gasteiger partial charge is 0.349 e. The molecule has 1 aromatic carbocycles. The van der Waals surface area contributed by atoms with E-state index >= 15 is 0 Å². The SMILES string of the molecule is C=CCN1C(=O)C[C@]23c4ccccc4N(C)[C@H]2[C@]2(C(=O)OC(C)(C)C)O[C@]13C1(CC1)C2=O. The number of Topliss-reactive ketones (excluding diaryl/α,β-unsaturated/α-hetero) is 1. The van der Waals surface area contributed by atoms with Crippen molar-refractivity contribution in [1.82, 2.24) is 4.90 Å². The number of para-hydroxylation sites is 1. The lowest BCUT2D eigenvalue weighted by Gasteiger charge is -2.48. The van der Waals surface area contributed by atoms with Gasteiger partial charge in [0.05, 0.1) is 16.9 Å². The molecule has 168 valence electrons. The number of hydrogen-bond acceptors (Lipinski definition) is 6. The van der Waals surface area contributed by atoms with Gasteiger partial charge in [0.2, 0.25) is 11.5 Å². The first kappa shape index (κ1) is 20.0. The molecule has 0 aromatic heterocycles. The predicted molar refractivity (Wildman–Crippen MR) is 116 cm³/mol. The number of carbonyl (C=O) groups excluding carboxylic acids is 3. The summed E-state index contributed by atoms with van der Waals surface area (Å²) in [7, 11) is 1.88. The van der Waals surface area contributed by atoms with Crippen LogP contribution in [-0.4, -0.2) is 59.1 Å². The molecule has 1 saturated carbocycles. The summed E-state index contributed by atoms with van der Waals surface area (Å²) in [5, 5.41) is 0. The standard InChI is InChI=1S/C25H28N2O5/c1-6-13-27-17(28)14-23-15-9-7-8-10-16(15)26(5)18(23)24(20(30)31-21(2,3)4)19(29)22(11-12-22)25(23,27)32-24/h6-10,18H,1,11-14H2,2-5H3/t18-,23+,24+,25+/m1/s1. The lowest BCUT2D eigenvalue weighted by Crippen LogP contribution is -2.70. The Morgan fingerprint density at radius 1 is 1.28 bits per heavy atom. The van der Waals surface area contributed by atoms with Crippen LogP contribution in [-0.2, 0) is 29.3 Å². The van der Waals surface area contributed by atoms with Gasteiger partial charge in [-0.2, -0.15) is 0 Å². The van der Waals surface area contributed by atoms with Gasteiger partial charge in [0.15, 0.2) is 11.5 Å². The van der Waals surface area contributed by atoms with Crippen molar-refractivity contribution in [2.45, 2.75) is 68.4 Å². The van der Waals surface area contributed by atoms with Gasteiger partial charge in [-0.1, -0.05) is 24.3 Å². The highest BCUT2D eigenvalue weighted by Crippen LogP contribution is 2.81. The van der Waals surface area contributed by atoms with Crippen LogP contribution >= 0.6 is 0 Å². The monoisotopic (exact) mass is 436 g/mol. The quantitative estimate of drug-likeness (QED) is 0.411. The van der Waals surface area contributed by atoms with Gasteiger partial charge >= 0.3 is 5.97 Å². The molecule has 4 fully saturated rings. The lowest BCUT2D eigenvalue weighted by molar-refractivity contribution is -0.197. The number of hydrogen-bond donors (Lipinski definition) is 0. The molecule has 7 heteroatoms. The minimum absolute atomic E-state index is 0.0706. The van der Waals surface area contributed by atoms with Crippen LogP contribution in [0.4, 0.5) is 5.69 Å². The van der Waals surface area contributed by atoms with Gasteiger partial charge in [0.1, 0.15) is 5.60 Å². The van der Waals surface area contributed by atoms with E-state index < -0.39 is 39.8 Å². The molecule has 4 heterocycles. The summed E-state index contributed by atoms with van der Waals surface area (Å²) in [6, 6.07) is 7.25. The molecule has 3 spiro atoms. The van der Waals surface area contributed by atoms with Crippen LogP contribution in [0.5, 0.6) is 0 Å². The van der Waals surface area contributed by atoms with Crippen molar-refractivity contribution in [3.05, 3.63) is 42.5 Å². The average Bonchev–Trinajstić information content (AvgIpc) is 3.30. The Kier molecular flexibility index (Phi) is 3.40. The first-order chi connectivity index (χ1) is 15.0. The van der Waals surface area contributed by atoms with Gasteiger partial charge < -0.3 is 19.3 Å². The number of ketones is 1. The van der Waals surface area contributed by atoms with Crippen molar-refractivity contribution in [2.24, 2.45) is 5.41 Å². The normalized spacial score (nSPS) is 37.6. The molecule has 4 atom stereocenters. The van der Waals surface area contributed by atoms with Crippen LogP contribution in [0.1, 0.15) is 45.6 Å². The fourth-order valence-electron chi connectivity index (χ4n) is 7.37. The van der Waals surface area contributed by atoms with Crippen LogP contribution in [0, 0.1) is 5.41 Å². The molecule has 1 amide bonds. The maximum atomic E-state index is 14.2. The summed E-state index contributed by atoms with van der Waals surface area (Å²) in [5.74, 6) is -0.954. The molecule has 6 rings (SSSR count). The summed E-state index contributed by atoms with van der Waals surface area (Å²) < 4.78 is 12.6. The van der Waals surface area contributed by atoms with E-state index in [1.165, 1.54) is 0 Å². The summed E-state index contributed by atoms with van der Waals surface area (Å²) in [5.41, 5.74) is -3.61. The molecule has 0 unspecified atom stereocenters. The second-order valence-electron chi connectivity index (χ2n) is 10.9. The topological polar surface area (TPSA) is 76.2 Å². The number of esters is 1. The Morgan fingerprint density at radius 2 is 1.97 bits per heavy atom. The van der Waals surface area contributed by atoms with Crippen LogP contribution in [0.2, 0.25) is 0 Å². The second-order valence-corrected chi connectivity index (χ2v) is 10.9.